The molecule has 0 aromatic heterocycles. The monoisotopic (exact) mass is 458 g/mol. The zero-order valence-electron chi connectivity index (χ0n) is 19.0. The fraction of sp³-hybridized carbons (Fsp3) is 0.222. The molecule has 2 N–H and O–H groups in total. The second kappa shape index (κ2) is 9.79. The van der Waals surface area contributed by atoms with E-state index in [1.165, 1.54) is 17.0 Å². The van der Waals surface area contributed by atoms with Gasteiger partial charge in [-0.3, -0.25) is 4.79 Å². The minimum Gasteiger partial charge on any atom is -0.478 e. The lowest BCUT2D eigenvalue weighted by Crippen LogP contribution is -2.39. The Hall–Kier alpha value is -4.13. The summed E-state index contributed by atoms with van der Waals surface area (Å²) in [5, 5.41) is 11.8. The second-order valence-electron chi connectivity index (χ2n) is 8.36. The number of alkyl carbamates (subject to hydrolysis) is 1. The normalized spacial score (nSPS) is 12.9. The van der Waals surface area contributed by atoms with Gasteiger partial charge in [-0.1, -0.05) is 61.5 Å². The third-order valence-electron chi connectivity index (χ3n) is 6.13. The molecule has 7 nitrogen and oxygen atoms in total. The highest BCUT2D eigenvalue weighted by molar-refractivity contribution is 5.96. The van der Waals surface area contributed by atoms with Gasteiger partial charge in [0, 0.05) is 25.2 Å². The van der Waals surface area contributed by atoms with Gasteiger partial charge in [0.1, 0.15) is 6.61 Å². The van der Waals surface area contributed by atoms with Crippen molar-refractivity contribution < 1.29 is 24.2 Å². The van der Waals surface area contributed by atoms with Crippen molar-refractivity contribution in [3.63, 3.8) is 0 Å². The summed E-state index contributed by atoms with van der Waals surface area (Å²) in [5.41, 5.74) is 5.14. The van der Waals surface area contributed by atoms with Gasteiger partial charge in [0.05, 0.1) is 11.5 Å². The van der Waals surface area contributed by atoms with Crippen molar-refractivity contribution in [2.75, 3.05) is 25.1 Å². The maximum absolute atomic E-state index is 12.8. The molecule has 0 spiro atoms. The standard InChI is InChI=1S/C27H26N2O5/c1-17(25(30)29(2)19-9-7-8-18(14-19)26(31)32)15-28-27(33)34-16-24-22-12-5-3-10-20(22)21-11-4-6-13-23(21)24/h3-14,17,24H,15-16H2,1-2H3,(H,28,33)(H,31,32). The topological polar surface area (TPSA) is 95.9 Å². The summed E-state index contributed by atoms with van der Waals surface area (Å²) in [6.07, 6.45) is -0.586. The van der Waals surface area contributed by atoms with Crippen LogP contribution in [0.2, 0.25) is 0 Å². The van der Waals surface area contributed by atoms with Crippen molar-refractivity contribution in [1.29, 1.82) is 0 Å². The predicted molar refractivity (Wildman–Crippen MR) is 129 cm³/mol. The van der Waals surface area contributed by atoms with Gasteiger partial charge in [-0.25, -0.2) is 9.59 Å². The number of carboxylic acid groups (broad SMARTS) is 1. The number of rotatable bonds is 7. The number of nitrogens with zero attached hydrogens (tertiary/aromatic N) is 1. The van der Waals surface area contributed by atoms with E-state index < -0.39 is 18.0 Å². The van der Waals surface area contributed by atoms with E-state index in [9.17, 15) is 14.4 Å². The number of anilines is 1. The molecule has 0 radical (unpaired) electrons. The molecule has 174 valence electrons. The molecule has 0 aliphatic heterocycles. The lowest BCUT2D eigenvalue weighted by atomic mass is 9.98. The third-order valence-corrected chi connectivity index (χ3v) is 6.13. The Balaban J connectivity index is 1.32. The number of carboxylic acids is 1. The summed E-state index contributed by atoms with van der Waals surface area (Å²) in [6.45, 7) is 1.99. The minimum absolute atomic E-state index is 0.0372. The first-order chi connectivity index (χ1) is 16.4. The molecule has 1 unspecified atom stereocenters. The van der Waals surface area contributed by atoms with E-state index in [-0.39, 0.29) is 30.5 Å². The van der Waals surface area contributed by atoms with E-state index in [1.807, 2.05) is 24.3 Å². The van der Waals surface area contributed by atoms with Crippen molar-refractivity contribution in [1.82, 2.24) is 5.32 Å². The number of nitrogens with one attached hydrogen (secondary N) is 1. The lowest BCUT2D eigenvalue weighted by Gasteiger charge is -2.22. The Kier molecular flexibility index (Phi) is 6.63. The lowest BCUT2D eigenvalue weighted by molar-refractivity contribution is -0.121. The smallest absolute Gasteiger partial charge is 0.407 e. The van der Waals surface area contributed by atoms with E-state index in [0.717, 1.165) is 22.3 Å². The van der Waals surface area contributed by atoms with Gasteiger partial charge in [-0.15, -0.1) is 0 Å². The predicted octanol–water partition coefficient (Wildman–Crippen LogP) is 4.52. The zero-order valence-corrected chi connectivity index (χ0v) is 19.0. The van der Waals surface area contributed by atoms with Crippen LogP contribution in [0.4, 0.5) is 10.5 Å². The molecule has 7 heteroatoms. The van der Waals surface area contributed by atoms with Crippen molar-refractivity contribution in [2.24, 2.45) is 5.92 Å². The Bertz CT molecular complexity index is 1190. The van der Waals surface area contributed by atoms with Crippen LogP contribution in [-0.4, -0.2) is 43.3 Å². The van der Waals surface area contributed by atoms with Crippen LogP contribution in [0.25, 0.3) is 11.1 Å². The molecular weight excluding hydrogens is 432 g/mol. The summed E-state index contributed by atoms with van der Waals surface area (Å²) in [4.78, 5) is 37.7. The van der Waals surface area contributed by atoms with Crippen LogP contribution >= 0.6 is 0 Å². The molecule has 0 fully saturated rings. The van der Waals surface area contributed by atoms with Crippen molar-refractivity contribution in [3.05, 3.63) is 89.5 Å². The summed E-state index contributed by atoms with van der Waals surface area (Å²) < 4.78 is 5.52. The van der Waals surface area contributed by atoms with E-state index in [4.69, 9.17) is 9.84 Å². The van der Waals surface area contributed by atoms with Gasteiger partial charge in [0.25, 0.3) is 0 Å². The van der Waals surface area contributed by atoms with Crippen LogP contribution in [0.15, 0.2) is 72.8 Å². The van der Waals surface area contributed by atoms with Gasteiger partial charge in [-0.05, 0) is 40.5 Å². The first kappa shape index (κ1) is 23.0. The second-order valence-corrected chi connectivity index (χ2v) is 8.36. The molecular formula is C27H26N2O5. The summed E-state index contributed by atoms with van der Waals surface area (Å²) in [6, 6.07) is 22.4. The number of hydrogen-bond donors (Lipinski definition) is 2. The van der Waals surface area contributed by atoms with Gasteiger partial charge >= 0.3 is 12.1 Å². The summed E-state index contributed by atoms with van der Waals surface area (Å²) in [5.74, 6) is -1.88. The summed E-state index contributed by atoms with van der Waals surface area (Å²) >= 11 is 0. The van der Waals surface area contributed by atoms with Gasteiger partial charge in [0.15, 0.2) is 0 Å². The van der Waals surface area contributed by atoms with Crippen molar-refractivity contribution in [3.8, 4) is 11.1 Å². The van der Waals surface area contributed by atoms with Crippen LogP contribution < -0.4 is 10.2 Å². The van der Waals surface area contributed by atoms with Crippen LogP contribution in [0.5, 0.6) is 0 Å². The highest BCUT2D eigenvalue weighted by Crippen LogP contribution is 2.44. The van der Waals surface area contributed by atoms with E-state index in [0.29, 0.717) is 5.69 Å². The number of benzene rings is 3. The Morgan fingerprint density at radius 3 is 2.21 bits per heavy atom. The van der Waals surface area contributed by atoms with E-state index >= 15 is 0 Å². The molecule has 1 aliphatic carbocycles. The maximum atomic E-state index is 12.8. The SMILES string of the molecule is CC(CNC(=O)OCC1c2ccccc2-c2ccccc21)C(=O)N(C)c1cccc(C(=O)O)c1. The number of hydrogen-bond acceptors (Lipinski definition) is 4. The van der Waals surface area contributed by atoms with Crippen LogP contribution in [0.3, 0.4) is 0 Å². The Labute approximate surface area is 198 Å². The molecule has 1 aliphatic rings. The molecule has 2 amide bonds. The third kappa shape index (κ3) is 4.64. The highest BCUT2D eigenvalue weighted by Gasteiger charge is 2.29. The molecule has 34 heavy (non-hydrogen) atoms. The number of ether oxygens (including phenoxy) is 1. The number of aromatic carboxylic acids is 1. The van der Waals surface area contributed by atoms with Crippen molar-refractivity contribution >= 4 is 23.7 Å². The number of carbonyl (C=O) groups is 3. The quantitative estimate of drug-likeness (QED) is 0.543. The van der Waals surface area contributed by atoms with Crippen molar-refractivity contribution in [2.45, 2.75) is 12.8 Å². The number of carbonyl (C=O) groups excluding carboxylic acids is 2. The molecule has 3 aromatic rings. The molecule has 1 atom stereocenters. The van der Waals surface area contributed by atoms with Gasteiger partial charge < -0.3 is 20.1 Å². The minimum atomic E-state index is -1.06. The first-order valence-electron chi connectivity index (χ1n) is 11.1. The molecule has 0 saturated carbocycles. The first-order valence-corrected chi connectivity index (χ1v) is 11.1. The van der Waals surface area contributed by atoms with Crippen LogP contribution in [0, 0.1) is 5.92 Å². The van der Waals surface area contributed by atoms with Crippen LogP contribution in [0.1, 0.15) is 34.3 Å². The summed E-state index contributed by atoms with van der Waals surface area (Å²) in [7, 11) is 1.58. The average Bonchev–Trinajstić information content (AvgIpc) is 3.18. The maximum Gasteiger partial charge on any atom is 0.407 e. The number of amides is 2. The van der Waals surface area contributed by atoms with Gasteiger partial charge in [-0.2, -0.15) is 0 Å². The molecule has 3 aromatic carbocycles. The zero-order chi connectivity index (χ0) is 24.2. The molecule has 0 saturated heterocycles. The van der Waals surface area contributed by atoms with E-state index in [2.05, 4.69) is 29.6 Å². The largest absolute Gasteiger partial charge is 0.478 e. The molecule has 0 heterocycles. The Morgan fingerprint density at radius 1 is 0.971 bits per heavy atom. The van der Waals surface area contributed by atoms with E-state index in [1.54, 1.807) is 26.1 Å². The molecule has 0 bridgehead atoms. The fourth-order valence-electron chi connectivity index (χ4n) is 4.28. The average molecular weight is 459 g/mol. The molecule has 4 rings (SSSR count). The van der Waals surface area contributed by atoms with Gasteiger partial charge in [0.2, 0.25) is 5.91 Å². The van der Waals surface area contributed by atoms with Crippen LogP contribution in [-0.2, 0) is 9.53 Å². The highest BCUT2D eigenvalue weighted by atomic mass is 16.5. The Morgan fingerprint density at radius 2 is 1.59 bits per heavy atom. The number of fused-ring (bicyclic) bond motifs is 3. The fourth-order valence-corrected chi connectivity index (χ4v) is 4.28.